The van der Waals surface area contributed by atoms with Crippen molar-refractivity contribution in [1.29, 1.82) is 0 Å². The molecule has 0 aliphatic carbocycles. The molecule has 5 N–H and O–H groups in total. The van der Waals surface area contributed by atoms with Gasteiger partial charge in [-0.05, 0) is 32.0 Å². The molecule has 3 aromatic carbocycles. The number of rotatable bonds is 7. The quantitative estimate of drug-likeness (QED) is 0.200. The summed E-state index contributed by atoms with van der Waals surface area (Å²) in [7, 11) is 5.69. The molecule has 0 saturated heterocycles. The average molecular weight is 571 g/mol. The van der Waals surface area contributed by atoms with E-state index in [1.165, 1.54) is 35.4 Å². The first-order valence-electron chi connectivity index (χ1n) is 12.0. The lowest BCUT2D eigenvalue weighted by molar-refractivity contribution is 0.0842. The van der Waals surface area contributed by atoms with Crippen LogP contribution >= 0.6 is 0 Å². The van der Waals surface area contributed by atoms with Gasteiger partial charge in [-0.3, -0.25) is 9.59 Å². The van der Waals surface area contributed by atoms with Crippen LogP contribution in [0.2, 0.25) is 0 Å². The molecule has 41 heavy (non-hydrogen) atoms. The number of phenols is 5. The van der Waals surface area contributed by atoms with Crippen LogP contribution in [0.3, 0.4) is 0 Å². The Hall–Kier alpha value is -5.10. The highest BCUT2D eigenvalue weighted by Crippen LogP contribution is 2.40. The number of methoxy groups -OCH3 is 4. The van der Waals surface area contributed by atoms with Crippen molar-refractivity contribution in [2.24, 2.45) is 0 Å². The second kappa shape index (κ2) is 12.4. The molecule has 1 heterocycles. The number of aryl methyl sites for hydroxylation is 1. The van der Waals surface area contributed by atoms with Crippen LogP contribution in [-0.4, -0.2) is 66.4 Å². The van der Waals surface area contributed by atoms with Gasteiger partial charge in [0, 0.05) is 35.9 Å². The summed E-state index contributed by atoms with van der Waals surface area (Å²) in [5, 5.41) is 48.2. The van der Waals surface area contributed by atoms with Gasteiger partial charge in [0.15, 0.2) is 23.0 Å². The lowest BCUT2D eigenvalue weighted by Gasteiger charge is -2.13. The standard InChI is InChI=1S/C19H18O7.C10H12O5/c1-9-11(20)8-12(21)15-16(22)19(25-4)18(26-17(9)15)10-5-6-13(23-2)14(7-10)24-3;1-5-6(11)3-7(12)9(10(5)14)8(13)4-15-2/h5-8,20-21H,1-4H3;3,11-12,14H,4H2,1-2H3. The SMILES string of the molecule is COCC(=O)c1c(O)cc(O)c(C)c1O.COc1ccc(-c2oc3c(C)c(O)cc(O)c3c(=O)c2OC)cc1OC. The maximum Gasteiger partial charge on any atom is 0.239 e. The molecule has 4 rings (SSSR count). The van der Waals surface area contributed by atoms with Crippen LogP contribution in [-0.2, 0) is 4.74 Å². The zero-order chi connectivity index (χ0) is 30.6. The van der Waals surface area contributed by atoms with Gasteiger partial charge in [-0.2, -0.15) is 0 Å². The number of ether oxygens (including phenoxy) is 4. The third kappa shape index (κ3) is 5.77. The Labute approximate surface area is 234 Å². The summed E-state index contributed by atoms with van der Waals surface area (Å²) in [4.78, 5) is 24.3. The van der Waals surface area contributed by atoms with E-state index < -0.39 is 22.7 Å². The highest BCUT2D eigenvalue weighted by Gasteiger charge is 2.23. The molecular weight excluding hydrogens is 540 g/mol. The van der Waals surface area contributed by atoms with Crippen LogP contribution in [0.4, 0.5) is 0 Å². The Balaban J connectivity index is 0.000000263. The maximum atomic E-state index is 12.8. The van der Waals surface area contributed by atoms with Gasteiger partial charge in [-0.15, -0.1) is 0 Å². The summed E-state index contributed by atoms with van der Waals surface area (Å²) in [6, 6.07) is 7.11. The van der Waals surface area contributed by atoms with Crippen LogP contribution < -0.4 is 19.6 Å². The van der Waals surface area contributed by atoms with E-state index in [2.05, 4.69) is 4.74 Å². The Kier molecular flexibility index (Phi) is 9.20. The Bertz CT molecular complexity index is 1670. The molecule has 0 spiro atoms. The number of fused-ring (bicyclic) bond motifs is 1. The molecule has 12 heteroatoms. The number of aromatic hydroxyl groups is 5. The van der Waals surface area contributed by atoms with Gasteiger partial charge < -0.3 is 48.9 Å². The highest BCUT2D eigenvalue weighted by molar-refractivity contribution is 6.02. The summed E-state index contributed by atoms with van der Waals surface area (Å²) in [5.74, 6) is -1.20. The van der Waals surface area contributed by atoms with E-state index in [0.29, 0.717) is 22.6 Å². The Morgan fingerprint density at radius 2 is 1.39 bits per heavy atom. The fourth-order valence-electron chi connectivity index (χ4n) is 4.01. The first-order chi connectivity index (χ1) is 19.4. The molecule has 0 radical (unpaired) electrons. The first kappa shape index (κ1) is 30.4. The Morgan fingerprint density at radius 1 is 0.780 bits per heavy atom. The van der Waals surface area contributed by atoms with E-state index in [-0.39, 0.29) is 57.5 Å². The van der Waals surface area contributed by atoms with E-state index in [9.17, 15) is 35.1 Å². The fourth-order valence-corrected chi connectivity index (χ4v) is 4.01. The summed E-state index contributed by atoms with van der Waals surface area (Å²) < 4.78 is 26.2. The van der Waals surface area contributed by atoms with Crippen molar-refractivity contribution in [2.45, 2.75) is 13.8 Å². The molecule has 0 saturated carbocycles. The van der Waals surface area contributed by atoms with Gasteiger partial charge in [0.2, 0.25) is 11.2 Å². The first-order valence-corrected chi connectivity index (χ1v) is 12.0. The summed E-state index contributed by atoms with van der Waals surface area (Å²) in [6.07, 6.45) is 0. The van der Waals surface area contributed by atoms with Crippen molar-refractivity contribution < 1.29 is 53.7 Å². The fraction of sp³-hybridized carbons (Fsp3) is 0.241. The van der Waals surface area contributed by atoms with Crippen molar-refractivity contribution in [1.82, 2.24) is 0 Å². The lowest BCUT2D eigenvalue weighted by Crippen LogP contribution is -2.08. The van der Waals surface area contributed by atoms with Crippen molar-refractivity contribution in [2.75, 3.05) is 35.0 Å². The molecule has 0 fully saturated rings. The number of Topliss-reactive ketones (excluding diaryl/α,β-unsaturated/α-hetero) is 1. The van der Waals surface area contributed by atoms with Gasteiger partial charge >= 0.3 is 0 Å². The monoisotopic (exact) mass is 570 g/mol. The van der Waals surface area contributed by atoms with Crippen LogP contribution in [0.1, 0.15) is 21.5 Å². The number of benzene rings is 3. The minimum absolute atomic E-state index is 0.0543. The maximum absolute atomic E-state index is 12.8. The number of hydrogen-bond acceptors (Lipinski definition) is 12. The molecule has 0 aliphatic heterocycles. The summed E-state index contributed by atoms with van der Waals surface area (Å²) in [5.41, 5.74) is 0.302. The third-order valence-electron chi connectivity index (χ3n) is 6.24. The molecular formula is C29H30O12. The smallest absolute Gasteiger partial charge is 0.239 e. The molecule has 0 aliphatic rings. The zero-order valence-electron chi connectivity index (χ0n) is 23.2. The van der Waals surface area contributed by atoms with Crippen molar-refractivity contribution >= 4 is 16.8 Å². The zero-order valence-corrected chi connectivity index (χ0v) is 23.2. The van der Waals surface area contributed by atoms with Gasteiger partial charge in [-0.1, -0.05) is 0 Å². The van der Waals surface area contributed by atoms with E-state index >= 15 is 0 Å². The van der Waals surface area contributed by atoms with Crippen LogP contribution in [0, 0.1) is 13.8 Å². The molecule has 0 atom stereocenters. The van der Waals surface area contributed by atoms with Crippen molar-refractivity contribution in [3.05, 3.63) is 57.2 Å². The minimum Gasteiger partial charge on any atom is -0.507 e. The Morgan fingerprint density at radius 3 is 1.98 bits per heavy atom. The largest absolute Gasteiger partial charge is 0.507 e. The molecule has 12 nitrogen and oxygen atoms in total. The molecule has 218 valence electrons. The van der Waals surface area contributed by atoms with Crippen LogP contribution in [0.15, 0.2) is 39.5 Å². The molecule has 4 aromatic rings. The number of carbonyl (C=O) groups is 1. The van der Waals surface area contributed by atoms with E-state index in [1.807, 2.05) is 0 Å². The second-order valence-electron chi connectivity index (χ2n) is 8.73. The van der Waals surface area contributed by atoms with Gasteiger partial charge in [0.05, 0.1) is 21.3 Å². The third-order valence-corrected chi connectivity index (χ3v) is 6.24. The highest BCUT2D eigenvalue weighted by atomic mass is 16.5. The molecule has 0 unspecified atom stereocenters. The topological polar surface area (TPSA) is 185 Å². The van der Waals surface area contributed by atoms with E-state index in [0.717, 1.165) is 12.1 Å². The average Bonchev–Trinajstić information content (AvgIpc) is 2.94. The minimum atomic E-state index is -0.546. The van der Waals surface area contributed by atoms with Crippen LogP contribution in [0.5, 0.6) is 46.0 Å². The molecule has 0 amide bonds. The predicted molar refractivity (Wildman–Crippen MR) is 148 cm³/mol. The van der Waals surface area contributed by atoms with Gasteiger partial charge in [0.25, 0.3) is 0 Å². The number of hydrogen-bond donors (Lipinski definition) is 5. The van der Waals surface area contributed by atoms with Crippen LogP contribution in [0.25, 0.3) is 22.3 Å². The summed E-state index contributed by atoms with van der Waals surface area (Å²) in [6.45, 7) is 2.78. The molecule has 0 bridgehead atoms. The van der Waals surface area contributed by atoms with Crippen molar-refractivity contribution in [3.63, 3.8) is 0 Å². The second-order valence-corrected chi connectivity index (χ2v) is 8.73. The van der Waals surface area contributed by atoms with Gasteiger partial charge in [0.1, 0.15) is 51.9 Å². The summed E-state index contributed by atoms with van der Waals surface area (Å²) >= 11 is 0. The number of phenolic OH excluding ortho intramolecular Hbond substituents is 5. The molecule has 1 aromatic heterocycles. The van der Waals surface area contributed by atoms with E-state index in [4.69, 9.17) is 18.6 Å². The number of carbonyl (C=O) groups excluding carboxylic acids is 1. The van der Waals surface area contributed by atoms with E-state index in [1.54, 1.807) is 25.1 Å². The normalized spacial score (nSPS) is 10.6. The van der Waals surface area contributed by atoms with Gasteiger partial charge in [-0.25, -0.2) is 0 Å². The number of ketones is 1. The van der Waals surface area contributed by atoms with Crippen molar-refractivity contribution in [3.8, 4) is 57.3 Å². The predicted octanol–water partition coefficient (Wildman–Crippen LogP) is 4.15. The lowest BCUT2D eigenvalue weighted by atomic mass is 10.0.